The van der Waals surface area contributed by atoms with Gasteiger partial charge in [0.05, 0.1) is 6.61 Å². The average Bonchev–Trinajstić information content (AvgIpc) is 3.32. The normalized spacial score (nSPS) is 19.7. The Morgan fingerprint density at radius 3 is 2.33 bits per heavy atom. The fourth-order valence-corrected chi connectivity index (χ4v) is 3.04. The highest BCUT2D eigenvalue weighted by atomic mass is 16.3. The van der Waals surface area contributed by atoms with Gasteiger partial charge in [-0.05, 0) is 65.0 Å². The van der Waals surface area contributed by atoms with Gasteiger partial charge in [-0.1, -0.05) is 27.2 Å². The van der Waals surface area contributed by atoms with Gasteiger partial charge in [0.15, 0.2) is 0 Å². The first-order valence-corrected chi connectivity index (χ1v) is 9.23. The molecule has 21 heavy (non-hydrogen) atoms. The fourth-order valence-electron chi connectivity index (χ4n) is 3.04. The standard InChI is InChI=1S/C18H38N2O/c1-5-8-13-20(16(4)6-2)14-9-12-18(7-3,15-21)19-17-10-11-17/h16-17,19,21H,5-15H2,1-4H3. The predicted molar refractivity (Wildman–Crippen MR) is 91.7 cm³/mol. The van der Waals surface area contributed by atoms with Crippen LogP contribution in [0.3, 0.4) is 0 Å². The SMILES string of the molecule is CCCCN(CCCC(CC)(CO)NC1CC1)C(C)CC. The molecule has 0 aliphatic heterocycles. The van der Waals surface area contributed by atoms with Gasteiger partial charge in [0.1, 0.15) is 0 Å². The second-order valence-corrected chi connectivity index (χ2v) is 6.96. The molecule has 0 aromatic carbocycles. The van der Waals surface area contributed by atoms with Crippen LogP contribution in [-0.4, -0.2) is 47.3 Å². The Morgan fingerprint density at radius 2 is 1.86 bits per heavy atom. The van der Waals surface area contributed by atoms with E-state index in [1.54, 1.807) is 0 Å². The summed E-state index contributed by atoms with van der Waals surface area (Å²) >= 11 is 0. The van der Waals surface area contributed by atoms with Crippen molar-refractivity contribution < 1.29 is 5.11 Å². The number of rotatable bonds is 13. The first kappa shape index (κ1) is 18.9. The molecule has 2 atom stereocenters. The largest absolute Gasteiger partial charge is 0.394 e. The second kappa shape index (κ2) is 9.81. The minimum Gasteiger partial charge on any atom is -0.394 e. The Balaban J connectivity index is 2.41. The summed E-state index contributed by atoms with van der Waals surface area (Å²) in [5.41, 5.74) is -0.0347. The van der Waals surface area contributed by atoms with Crippen LogP contribution in [0, 0.1) is 0 Å². The van der Waals surface area contributed by atoms with Crippen molar-refractivity contribution >= 4 is 0 Å². The summed E-state index contributed by atoms with van der Waals surface area (Å²) in [6.45, 7) is 11.8. The molecule has 2 unspecified atom stereocenters. The highest BCUT2D eigenvalue weighted by Crippen LogP contribution is 2.27. The molecule has 0 heterocycles. The maximum atomic E-state index is 9.84. The van der Waals surface area contributed by atoms with Crippen LogP contribution < -0.4 is 5.32 Å². The summed E-state index contributed by atoms with van der Waals surface area (Å²) in [6, 6.07) is 1.35. The molecule has 0 amide bonds. The van der Waals surface area contributed by atoms with E-state index in [9.17, 15) is 5.11 Å². The Morgan fingerprint density at radius 1 is 1.19 bits per heavy atom. The van der Waals surface area contributed by atoms with Crippen molar-refractivity contribution in [2.75, 3.05) is 19.7 Å². The first-order valence-electron chi connectivity index (χ1n) is 9.23. The molecule has 126 valence electrons. The van der Waals surface area contributed by atoms with E-state index in [2.05, 4.69) is 37.9 Å². The molecule has 1 fully saturated rings. The first-order chi connectivity index (χ1) is 10.1. The van der Waals surface area contributed by atoms with Crippen molar-refractivity contribution in [1.82, 2.24) is 10.2 Å². The quantitative estimate of drug-likeness (QED) is 0.546. The molecule has 2 N–H and O–H groups in total. The van der Waals surface area contributed by atoms with Crippen molar-refractivity contribution in [3.8, 4) is 0 Å². The Kier molecular flexibility index (Phi) is 8.84. The fraction of sp³-hybridized carbons (Fsp3) is 1.00. The van der Waals surface area contributed by atoms with Crippen LogP contribution in [-0.2, 0) is 0 Å². The van der Waals surface area contributed by atoms with Gasteiger partial charge in [-0.25, -0.2) is 0 Å². The number of hydrogen-bond acceptors (Lipinski definition) is 3. The molecule has 3 heteroatoms. The molecule has 1 rings (SSSR count). The lowest BCUT2D eigenvalue weighted by Crippen LogP contribution is -2.49. The summed E-state index contributed by atoms with van der Waals surface area (Å²) < 4.78 is 0. The third kappa shape index (κ3) is 6.66. The summed E-state index contributed by atoms with van der Waals surface area (Å²) in [4.78, 5) is 2.64. The van der Waals surface area contributed by atoms with Gasteiger partial charge in [-0.2, -0.15) is 0 Å². The van der Waals surface area contributed by atoms with Crippen LogP contribution in [0.2, 0.25) is 0 Å². The molecular weight excluding hydrogens is 260 g/mol. The number of aliphatic hydroxyl groups excluding tert-OH is 1. The number of aliphatic hydroxyl groups is 1. The topological polar surface area (TPSA) is 35.5 Å². The summed E-state index contributed by atoms with van der Waals surface area (Å²) in [7, 11) is 0. The van der Waals surface area contributed by atoms with Crippen LogP contribution in [0.4, 0.5) is 0 Å². The zero-order valence-corrected chi connectivity index (χ0v) is 14.8. The lowest BCUT2D eigenvalue weighted by atomic mass is 9.90. The predicted octanol–water partition coefficient (Wildman–Crippen LogP) is 3.56. The van der Waals surface area contributed by atoms with Gasteiger partial charge < -0.3 is 15.3 Å². The van der Waals surface area contributed by atoms with Crippen molar-refractivity contribution in [1.29, 1.82) is 0 Å². The van der Waals surface area contributed by atoms with E-state index in [4.69, 9.17) is 0 Å². The molecule has 1 aliphatic carbocycles. The van der Waals surface area contributed by atoms with Crippen LogP contribution in [0.1, 0.15) is 79.1 Å². The lowest BCUT2D eigenvalue weighted by molar-refractivity contribution is 0.130. The molecule has 0 saturated heterocycles. The molecule has 0 spiro atoms. The summed E-state index contributed by atoms with van der Waals surface area (Å²) in [5.74, 6) is 0. The van der Waals surface area contributed by atoms with E-state index < -0.39 is 0 Å². The Labute approximate surface area is 132 Å². The molecule has 0 aromatic heterocycles. The Hall–Kier alpha value is -0.120. The summed E-state index contributed by atoms with van der Waals surface area (Å²) in [6.07, 6.45) is 9.67. The Bertz CT molecular complexity index is 262. The molecule has 1 aliphatic rings. The number of nitrogens with zero attached hydrogens (tertiary/aromatic N) is 1. The van der Waals surface area contributed by atoms with Crippen molar-refractivity contribution in [2.45, 2.75) is 96.7 Å². The molecule has 3 nitrogen and oxygen atoms in total. The van der Waals surface area contributed by atoms with Gasteiger partial charge in [-0.3, -0.25) is 0 Å². The van der Waals surface area contributed by atoms with Crippen LogP contribution in [0.25, 0.3) is 0 Å². The van der Waals surface area contributed by atoms with E-state index in [1.165, 1.54) is 51.6 Å². The number of nitrogens with one attached hydrogen (secondary N) is 1. The van der Waals surface area contributed by atoms with E-state index in [0.717, 1.165) is 12.8 Å². The monoisotopic (exact) mass is 298 g/mol. The minimum atomic E-state index is -0.0347. The molecule has 0 bridgehead atoms. The van der Waals surface area contributed by atoms with Gasteiger partial charge in [-0.15, -0.1) is 0 Å². The highest BCUT2D eigenvalue weighted by molar-refractivity contribution is 4.94. The second-order valence-electron chi connectivity index (χ2n) is 6.96. The number of unbranched alkanes of at least 4 members (excludes halogenated alkanes) is 1. The zero-order valence-electron chi connectivity index (χ0n) is 14.8. The maximum Gasteiger partial charge on any atom is 0.0613 e. The molecule has 0 radical (unpaired) electrons. The van der Waals surface area contributed by atoms with Crippen molar-refractivity contribution in [3.05, 3.63) is 0 Å². The third-order valence-corrected chi connectivity index (χ3v) is 5.18. The van der Waals surface area contributed by atoms with Crippen LogP contribution >= 0.6 is 0 Å². The molecule has 0 aromatic rings. The summed E-state index contributed by atoms with van der Waals surface area (Å²) in [5, 5.41) is 13.5. The van der Waals surface area contributed by atoms with E-state index in [0.29, 0.717) is 12.1 Å². The van der Waals surface area contributed by atoms with E-state index in [1.807, 2.05) is 0 Å². The maximum absolute atomic E-state index is 9.84. The average molecular weight is 299 g/mol. The van der Waals surface area contributed by atoms with E-state index in [-0.39, 0.29) is 12.1 Å². The number of hydrogen-bond donors (Lipinski definition) is 2. The zero-order chi connectivity index (χ0) is 15.7. The van der Waals surface area contributed by atoms with Crippen LogP contribution in [0.15, 0.2) is 0 Å². The minimum absolute atomic E-state index is 0.0347. The van der Waals surface area contributed by atoms with Gasteiger partial charge in [0.25, 0.3) is 0 Å². The van der Waals surface area contributed by atoms with E-state index >= 15 is 0 Å². The van der Waals surface area contributed by atoms with Gasteiger partial charge in [0.2, 0.25) is 0 Å². The smallest absolute Gasteiger partial charge is 0.0613 e. The van der Waals surface area contributed by atoms with Crippen molar-refractivity contribution in [3.63, 3.8) is 0 Å². The lowest BCUT2D eigenvalue weighted by Gasteiger charge is -2.34. The van der Waals surface area contributed by atoms with Crippen LogP contribution in [0.5, 0.6) is 0 Å². The van der Waals surface area contributed by atoms with Gasteiger partial charge in [0, 0.05) is 17.6 Å². The molecule has 1 saturated carbocycles. The molecular formula is C18H38N2O. The van der Waals surface area contributed by atoms with Crippen molar-refractivity contribution in [2.24, 2.45) is 0 Å². The highest BCUT2D eigenvalue weighted by Gasteiger charge is 2.34. The van der Waals surface area contributed by atoms with Gasteiger partial charge >= 0.3 is 0 Å². The third-order valence-electron chi connectivity index (χ3n) is 5.18.